The van der Waals surface area contributed by atoms with Crippen molar-refractivity contribution >= 4 is 24.8 Å². The summed E-state index contributed by atoms with van der Waals surface area (Å²) in [5.41, 5.74) is 1.12. The fraction of sp³-hybridized carbons (Fsp3) is 0.600. The van der Waals surface area contributed by atoms with Gasteiger partial charge in [-0.25, -0.2) is 4.39 Å². The summed E-state index contributed by atoms with van der Waals surface area (Å²) in [7, 11) is 0. The van der Waals surface area contributed by atoms with E-state index in [1.54, 1.807) is 6.07 Å². The fourth-order valence-corrected chi connectivity index (χ4v) is 2.77. The molecule has 1 fully saturated rings. The molecule has 5 heteroatoms. The first-order valence-electron chi connectivity index (χ1n) is 6.92. The molecular formula is C15H25Cl2FN2. The molecule has 1 saturated heterocycles. The lowest BCUT2D eigenvalue weighted by Gasteiger charge is -2.38. The lowest BCUT2D eigenvalue weighted by atomic mass is 9.90. The molecule has 1 heterocycles. The van der Waals surface area contributed by atoms with Crippen LogP contribution >= 0.6 is 24.8 Å². The molecule has 0 amide bonds. The van der Waals surface area contributed by atoms with E-state index in [0.29, 0.717) is 12.0 Å². The Morgan fingerprint density at radius 2 is 1.90 bits per heavy atom. The standard InChI is InChI=1S/C15H23FN2.2ClH/c1-3-12(2)15(18-9-7-17-8-10-18)13-5-4-6-14(16)11-13;;/h4-6,11-12,15,17H,3,7-10H2,1-2H3;2*1H/t12?,15-;;/m0../s1. The second-order valence-electron chi connectivity index (χ2n) is 5.17. The van der Waals surface area contributed by atoms with Crippen molar-refractivity contribution in [2.45, 2.75) is 26.3 Å². The molecule has 1 aliphatic rings. The van der Waals surface area contributed by atoms with Gasteiger partial charge in [-0.1, -0.05) is 32.4 Å². The molecule has 2 atom stereocenters. The Morgan fingerprint density at radius 1 is 1.25 bits per heavy atom. The van der Waals surface area contributed by atoms with Crippen LogP contribution in [0.5, 0.6) is 0 Å². The monoisotopic (exact) mass is 322 g/mol. The molecule has 20 heavy (non-hydrogen) atoms. The van der Waals surface area contributed by atoms with Gasteiger partial charge >= 0.3 is 0 Å². The molecule has 0 saturated carbocycles. The van der Waals surface area contributed by atoms with Crippen molar-refractivity contribution < 1.29 is 4.39 Å². The van der Waals surface area contributed by atoms with E-state index >= 15 is 0 Å². The normalized spacial score (nSPS) is 18.6. The third-order valence-electron chi connectivity index (χ3n) is 3.92. The molecule has 0 bridgehead atoms. The van der Waals surface area contributed by atoms with Crippen LogP contribution in [-0.4, -0.2) is 31.1 Å². The molecule has 0 aromatic heterocycles. The van der Waals surface area contributed by atoms with Gasteiger partial charge in [-0.3, -0.25) is 4.90 Å². The smallest absolute Gasteiger partial charge is 0.123 e. The van der Waals surface area contributed by atoms with Crippen molar-refractivity contribution in [3.8, 4) is 0 Å². The second-order valence-corrected chi connectivity index (χ2v) is 5.17. The van der Waals surface area contributed by atoms with Gasteiger partial charge in [0.1, 0.15) is 5.82 Å². The Kier molecular flexibility index (Phi) is 9.39. The molecule has 2 rings (SSSR count). The summed E-state index contributed by atoms with van der Waals surface area (Å²) in [6.45, 7) is 8.62. The predicted octanol–water partition coefficient (Wildman–Crippen LogP) is 3.66. The van der Waals surface area contributed by atoms with Crippen LogP contribution in [0.25, 0.3) is 0 Å². The number of nitrogens with zero attached hydrogens (tertiary/aromatic N) is 1. The van der Waals surface area contributed by atoms with E-state index in [-0.39, 0.29) is 30.6 Å². The number of piperazine rings is 1. The molecule has 1 aromatic carbocycles. The van der Waals surface area contributed by atoms with Gasteiger partial charge in [0.15, 0.2) is 0 Å². The van der Waals surface area contributed by atoms with Crippen LogP contribution in [0.2, 0.25) is 0 Å². The third kappa shape index (κ3) is 4.88. The molecule has 0 radical (unpaired) electrons. The van der Waals surface area contributed by atoms with Crippen LogP contribution in [0, 0.1) is 11.7 Å². The number of nitrogens with one attached hydrogen (secondary N) is 1. The van der Waals surface area contributed by atoms with Crippen LogP contribution in [-0.2, 0) is 0 Å². The van der Waals surface area contributed by atoms with E-state index in [1.165, 1.54) is 6.07 Å². The highest BCUT2D eigenvalue weighted by Gasteiger charge is 2.26. The quantitative estimate of drug-likeness (QED) is 0.910. The van der Waals surface area contributed by atoms with E-state index in [9.17, 15) is 4.39 Å². The largest absolute Gasteiger partial charge is 0.314 e. The lowest BCUT2D eigenvalue weighted by Crippen LogP contribution is -2.46. The predicted molar refractivity (Wildman–Crippen MR) is 87.5 cm³/mol. The Bertz CT molecular complexity index is 384. The van der Waals surface area contributed by atoms with E-state index in [2.05, 4.69) is 30.1 Å². The maximum absolute atomic E-state index is 13.4. The highest BCUT2D eigenvalue weighted by atomic mass is 35.5. The molecular weight excluding hydrogens is 298 g/mol. The number of hydrogen-bond donors (Lipinski definition) is 1. The minimum atomic E-state index is -0.129. The number of benzene rings is 1. The number of rotatable bonds is 4. The van der Waals surface area contributed by atoms with E-state index in [1.807, 2.05) is 6.07 Å². The van der Waals surface area contributed by atoms with Gasteiger partial charge in [0.2, 0.25) is 0 Å². The first kappa shape index (κ1) is 19.7. The van der Waals surface area contributed by atoms with Gasteiger partial charge in [0.05, 0.1) is 0 Å². The SMILES string of the molecule is CCC(C)[C@@H](c1cccc(F)c1)N1CCNCC1.Cl.Cl. The first-order valence-corrected chi connectivity index (χ1v) is 6.92. The van der Waals surface area contributed by atoms with Gasteiger partial charge in [-0.2, -0.15) is 0 Å². The van der Waals surface area contributed by atoms with Crippen molar-refractivity contribution in [2.24, 2.45) is 5.92 Å². The minimum absolute atomic E-state index is 0. The maximum atomic E-state index is 13.4. The molecule has 0 spiro atoms. The van der Waals surface area contributed by atoms with Crippen LogP contribution in [0.4, 0.5) is 4.39 Å². The van der Waals surface area contributed by atoms with E-state index in [4.69, 9.17) is 0 Å². The summed E-state index contributed by atoms with van der Waals surface area (Å²) in [6, 6.07) is 7.44. The minimum Gasteiger partial charge on any atom is -0.314 e. The van der Waals surface area contributed by atoms with E-state index < -0.39 is 0 Å². The van der Waals surface area contributed by atoms with Gasteiger partial charge in [0, 0.05) is 32.2 Å². The zero-order valence-electron chi connectivity index (χ0n) is 12.1. The highest BCUT2D eigenvalue weighted by molar-refractivity contribution is 5.85. The molecule has 116 valence electrons. The molecule has 1 unspecified atom stereocenters. The average molecular weight is 323 g/mol. The Morgan fingerprint density at radius 3 is 2.45 bits per heavy atom. The van der Waals surface area contributed by atoms with Crippen molar-refractivity contribution in [3.63, 3.8) is 0 Å². The van der Waals surface area contributed by atoms with Crippen molar-refractivity contribution in [1.29, 1.82) is 0 Å². The maximum Gasteiger partial charge on any atom is 0.123 e. The summed E-state index contributed by atoms with van der Waals surface area (Å²) in [5.74, 6) is 0.417. The Labute approximate surface area is 133 Å². The summed E-state index contributed by atoms with van der Waals surface area (Å²) < 4.78 is 13.4. The number of hydrogen-bond acceptors (Lipinski definition) is 2. The Balaban J connectivity index is 0.00000180. The van der Waals surface area contributed by atoms with Crippen molar-refractivity contribution in [2.75, 3.05) is 26.2 Å². The summed E-state index contributed by atoms with van der Waals surface area (Å²) in [4.78, 5) is 2.49. The second kappa shape index (κ2) is 9.56. The molecule has 1 aliphatic heterocycles. The van der Waals surface area contributed by atoms with Gasteiger partial charge < -0.3 is 5.32 Å². The zero-order chi connectivity index (χ0) is 13.0. The third-order valence-corrected chi connectivity index (χ3v) is 3.92. The van der Waals surface area contributed by atoms with Crippen molar-refractivity contribution in [3.05, 3.63) is 35.6 Å². The molecule has 2 nitrogen and oxygen atoms in total. The van der Waals surface area contributed by atoms with Crippen LogP contribution < -0.4 is 5.32 Å². The highest BCUT2D eigenvalue weighted by Crippen LogP contribution is 2.31. The van der Waals surface area contributed by atoms with Crippen LogP contribution in [0.15, 0.2) is 24.3 Å². The van der Waals surface area contributed by atoms with Gasteiger partial charge in [0.25, 0.3) is 0 Å². The summed E-state index contributed by atoms with van der Waals surface area (Å²) >= 11 is 0. The van der Waals surface area contributed by atoms with Crippen LogP contribution in [0.3, 0.4) is 0 Å². The van der Waals surface area contributed by atoms with Crippen LogP contribution in [0.1, 0.15) is 31.9 Å². The molecule has 1 aromatic rings. The summed E-state index contributed by atoms with van der Waals surface area (Å²) in [5, 5.41) is 3.37. The lowest BCUT2D eigenvalue weighted by molar-refractivity contribution is 0.128. The molecule has 1 N–H and O–H groups in total. The van der Waals surface area contributed by atoms with Gasteiger partial charge in [-0.15, -0.1) is 24.8 Å². The fourth-order valence-electron chi connectivity index (χ4n) is 2.77. The van der Waals surface area contributed by atoms with E-state index in [0.717, 1.165) is 38.2 Å². The van der Waals surface area contributed by atoms with Gasteiger partial charge in [-0.05, 0) is 23.6 Å². The topological polar surface area (TPSA) is 15.3 Å². The zero-order valence-corrected chi connectivity index (χ0v) is 13.8. The average Bonchev–Trinajstić information content (AvgIpc) is 2.40. The molecule has 0 aliphatic carbocycles. The Hall–Kier alpha value is -0.350. The first-order chi connectivity index (χ1) is 8.72. The number of halogens is 3. The van der Waals surface area contributed by atoms with Crippen molar-refractivity contribution in [1.82, 2.24) is 10.2 Å². The summed E-state index contributed by atoms with van der Waals surface area (Å²) in [6.07, 6.45) is 1.12.